The van der Waals surface area contributed by atoms with Crippen LogP contribution in [0, 0.1) is 6.92 Å². The molecule has 0 aliphatic carbocycles. The van der Waals surface area contributed by atoms with E-state index in [9.17, 15) is 0 Å². The lowest BCUT2D eigenvalue weighted by Crippen LogP contribution is -1.94. The molecule has 19 heavy (non-hydrogen) atoms. The van der Waals surface area contributed by atoms with Gasteiger partial charge in [0.2, 0.25) is 0 Å². The zero-order valence-corrected chi connectivity index (χ0v) is 11.3. The molecule has 0 saturated carbocycles. The maximum absolute atomic E-state index is 5.78. The van der Waals surface area contributed by atoms with Crippen LogP contribution in [0.1, 0.15) is 18.9 Å². The lowest BCUT2D eigenvalue weighted by molar-refractivity contribution is 0.317. The summed E-state index contributed by atoms with van der Waals surface area (Å²) < 4.78 is 11.3. The first kappa shape index (κ1) is 13.3. The zero-order valence-electron chi connectivity index (χ0n) is 11.3. The van der Waals surface area contributed by atoms with Crippen molar-refractivity contribution in [2.45, 2.75) is 20.3 Å². The molecule has 0 amide bonds. The summed E-state index contributed by atoms with van der Waals surface area (Å²) in [6.07, 6.45) is 1.00. The Balaban J connectivity index is 2.04. The van der Waals surface area contributed by atoms with Gasteiger partial charge < -0.3 is 15.2 Å². The number of aryl methyl sites for hydroxylation is 1. The number of nitrogen functional groups attached to an aromatic ring is 1. The van der Waals surface area contributed by atoms with Crippen molar-refractivity contribution in [3.63, 3.8) is 0 Å². The summed E-state index contributed by atoms with van der Waals surface area (Å²) in [6.45, 7) is 4.78. The van der Waals surface area contributed by atoms with Gasteiger partial charge in [-0.25, -0.2) is 0 Å². The fourth-order valence-corrected chi connectivity index (χ4v) is 1.67. The van der Waals surface area contributed by atoms with Crippen molar-refractivity contribution in [1.29, 1.82) is 0 Å². The highest BCUT2D eigenvalue weighted by atomic mass is 16.5. The predicted octanol–water partition coefficient (Wildman–Crippen LogP) is 4.16. The second-order valence-corrected chi connectivity index (χ2v) is 4.44. The van der Waals surface area contributed by atoms with Crippen LogP contribution in [0.2, 0.25) is 0 Å². The van der Waals surface area contributed by atoms with Gasteiger partial charge in [0.15, 0.2) is 0 Å². The van der Waals surface area contributed by atoms with Crippen LogP contribution in [-0.4, -0.2) is 6.61 Å². The van der Waals surface area contributed by atoms with Crippen LogP contribution in [0.4, 0.5) is 5.69 Å². The Bertz CT molecular complexity index is 535. The molecule has 0 aromatic heterocycles. The number of hydrogen-bond acceptors (Lipinski definition) is 3. The van der Waals surface area contributed by atoms with E-state index in [0.29, 0.717) is 0 Å². The van der Waals surface area contributed by atoms with E-state index >= 15 is 0 Å². The van der Waals surface area contributed by atoms with Gasteiger partial charge in [-0.15, -0.1) is 0 Å². The van der Waals surface area contributed by atoms with Crippen molar-refractivity contribution >= 4 is 5.69 Å². The summed E-state index contributed by atoms with van der Waals surface area (Å²) in [5.41, 5.74) is 7.56. The number of anilines is 1. The number of ether oxygens (including phenoxy) is 2. The molecular formula is C16H19NO2. The van der Waals surface area contributed by atoms with Gasteiger partial charge in [-0.2, -0.15) is 0 Å². The van der Waals surface area contributed by atoms with Crippen molar-refractivity contribution in [2.24, 2.45) is 0 Å². The summed E-state index contributed by atoms with van der Waals surface area (Å²) in [4.78, 5) is 0. The summed E-state index contributed by atoms with van der Waals surface area (Å²) >= 11 is 0. The van der Waals surface area contributed by atoms with Crippen molar-refractivity contribution < 1.29 is 9.47 Å². The molecule has 0 aliphatic rings. The van der Waals surface area contributed by atoms with Crippen LogP contribution in [0.15, 0.2) is 42.5 Å². The van der Waals surface area contributed by atoms with Gasteiger partial charge in [-0.05, 0) is 61.4 Å². The third-order valence-electron chi connectivity index (χ3n) is 2.77. The number of nitrogens with two attached hydrogens (primary N) is 1. The van der Waals surface area contributed by atoms with Crippen LogP contribution in [-0.2, 0) is 0 Å². The minimum Gasteiger partial charge on any atom is -0.494 e. The molecule has 0 fully saturated rings. The maximum Gasteiger partial charge on any atom is 0.127 e. The van der Waals surface area contributed by atoms with E-state index in [1.165, 1.54) is 0 Å². The smallest absolute Gasteiger partial charge is 0.127 e. The number of rotatable bonds is 5. The summed E-state index contributed by atoms with van der Waals surface area (Å²) in [5.74, 6) is 2.43. The topological polar surface area (TPSA) is 44.5 Å². The second-order valence-electron chi connectivity index (χ2n) is 4.44. The minimum absolute atomic E-state index is 0.733. The van der Waals surface area contributed by atoms with E-state index in [1.54, 1.807) is 0 Å². The molecule has 0 unspecified atom stereocenters. The van der Waals surface area contributed by atoms with E-state index in [-0.39, 0.29) is 0 Å². The molecule has 0 atom stereocenters. The zero-order chi connectivity index (χ0) is 13.7. The quantitative estimate of drug-likeness (QED) is 0.818. The SMILES string of the molecule is CCCOc1ccc(Oc2ccc(N)c(C)c2)cc1. The predicted molar refractivity (Wildman–Crippen MR) is 77.9 cm³/mol. The van der Waals surface area contributed by atoms with Crippen molar-refractivity contribution in [2.75, 3.05) is 12.3 Å². The summed E-state index contributed by atoms with van der Waals surface area (Å²) in [7, 11) is 0. The Morgan fingerprint density at radius 1 is 0.947 bits per heavy atom. The van der Waals surface area contributed by atoms with Crippen LogP contribution < -0.4 is 15.2 Å². The van der Waals surface area contributed by atoms with Crippen molar-refractivity contribution in [3.05, 3.63) is 48.0 Å². The average molecular weight is 257 g/mol. The molecule has 3 heteroatoms. The molecule has 0 spiro atoms. The van der Waals surface area contributed by atoms with Gasteiger partial charge in [0, 0.05) is 5.69 Å². The normalized spacial score (nSPS) is 10.2. The molecule has 0 saturated heterocycles. The van der Waals surface area contributed by atoms with E-state index in [1.807, 2.05) is 49.4 Å². The Morgan fingerprint density at radius 2 is 1.58 bits per heavy atom. The second kappa shape index (κ2) is 6.14. The Hall–Kier alpha value is -2.16. The third kappa shape index (κ3) is 3.65. The average Bonchev–Trinajstić information content (AvgIpc) is 2.42. The highest BCUT2D eigenvalue weighted by Crippen LogP contribution is 2.26. The highest BCUT2D eigenvalue weighted by Gasteiger charge is 2.00. The van der Waals surface area contributed by atoms with Gasteiger partial charge in [-0.3, -0.25) is 0 Å². The molecule has 0 aliphatic heterocycles. The standard InChI is InChI=1S/C16H19NO2/c1-3-10-18-13-4-6-14(7-5-13)19-15-8-9-16(17)12(2)11-15/h4-9,11H,3,10,17H2,1-2H3. The Morgan fingerprint density at radius 3 is 2.21 bits per heavy atom. The summed E-state index contributed by atoms with van der Waals surface area (Å²) in [6, 6.07) is 13.3. The fraction of sp³-hybridized carbons (Fsp3) is 0.250. The van der Waals surface area contributed by atoms with Gasteiger partial charge in [0.1, 0.15) is 17.2 Å². The molecule has 2 rings (SSSR count). The fourth-order valence-electron chi connectivity index (χ4n) is 1.67. The summed E-state index contributed by atoms with van der Waals surface area (Å²) in [5, 5.41) is 0. The molecule has 0 bridgehead atoms. The van der Waals surface area contributed by atoms with E-state index in [0.717, 1.165) is 41.5 Å². The Kier molecular flexibility index (Phi) is 4.29. The minimum atomic E-state index is 0.733. The largest absolute Gasteiger partial charge is 0.494 e. The third-order valence-corrected chi connectivity index (χ3v) is 2.77. The molecule has 2 N–H and O–H groups in total. The first-order valence-electron chi connectivity index (χ1n) is 6.46. The van der Waals surface area contributed by atoms with Gasteiger partial charge in [-0.1, -0.05) is 6.92 Å². The lowest BCUT2D eigenvalue weighted by atomic mass is 10.2. The maximum atomic E-state index is 5.78. The molecule has 0 heterocycles. The van der Waals surface area contributed by atoms with E-state index in [2.05, 4.69) is 6.92 Å². The molecule has 100 valence electrons. The van der Waals surface area contributed by atoms with Crippen molar-refractivity contribution in [1.82, 2.24) is 0 Å². The molecule has 2 aromatic rings. The van der Waals surface area contributed by atoms with Crippen molar-refractivity contribution in [3.8, 4) is 17.2 Å². The number of hydrogen-bond donors (Lipinski definition) is 1. The monoisotopic (exact) mass is 257 g/mol. The van der Waals surface area contributed by atoms with Crippen LogP contribution in [0.3, 0.4) is 0 Å². The van der Waals surface area contributed by atoms with E-state index in [4.69, 9.17) is 15.2 Å². The number of benzene rings is 2. The first-order valence-corrected chi connectivity index (χ1v) is 6.46. The lowest BCUT2D eigenvalue weighted by Gasteiger charge is -2.09. The van der Waals surface area contributed by atoms with Crippen LogP contribution in [0.25, 0.3) is 0 Å². The Labute approximate surface area is 114 Å². The van der Waals surface area contributed by atoms with Crippen LogP contribution in [0.5, 0.6) is 17.2 Å². The molecular weight excluding hydrogens is 238 g/mol. The van der Waals surface area contributed by atoms with E-state index < -0.39 is 0 Å². The van der Waals surface area contributed by atoms with Gasteiger partial charge in [0.25, 0.3) is 0 Å². The molecule has 3 nitrogen and oxygen atoms in total. The van der Waals surface area contributed by atoms with Crippen LogP contribution >= 0.6 is 0 Å². The van der Waals surface area contributed by atoms with Gasteiger partial charge in [0.05, 0.1) is 6.61 Å². The molecule has 2 aromatic carbocycles. The van der Waals surface area contributed by atoms with Gasteiger partial charge >= 0.3 is 0 Å². The first-order chi connectivity index (χ1) is 9.19. The molecule has 0 radical (unpaired) electrons. The highest BCUT2D eigenvalue weighted by molar-refractivity contribution is 5.50.